The van der Waals surface area contributed by atoms with Crippen molar-refractivity contribution in [2.45, 2.75) is 130 Å². The van der Waals surface area contributed by atoms with E-state index in [2.05, 4.69) is 23.6 Å². The van der Waals surface area contributed by atoms with E-state index in [1.165, 1.54) is 6.42 Å². The summed E-state index contributed by atoms with van der Waals surface area (Å²) in [5.41, 5.74) is 2.21. The highest BCUT2D eigenvalue weighted by atomic mass is 16.6. The van der Waals surface area contributed by atoms with E-state index < -0.39 is 23.8 Å². The average Bonchev–Trinajstić information content (AvgIpc) is 2.83. The van der Waals surface area contributed by atoms with E-state index in [4.69, 9.17) is 4.74 Å². The number of carbonyl (C=O) groups is 3. The van der Waals surface area contributed by atoms with Crippen LogP contribution in [0, 0.1) is 19.8 Å². The van der Waals surface area contributed by atoms with Crippen LogP contribution in [0.3, 0.4) is 0 Å². The molecule has 0 aromatic heterocycles. The SMILES string of the molecule is CCCCN(C(=O)C(NC(=O)OC(C)(C)C)C(C)CC)C(C(=O)NC1CCCCC1)c1cc(C)cc(C)c1. The number of carbonyl (C=O) groups excluding carboxylic acids is 3. The van der Waals surface area contributed by atoms with Gasteiger partial charge in [-0.05, 0) is 65.4 Å². The van der Waals surface area contributed by atoms with Crippen LogP contribution in [0.2, 0.25) is 0 Å². The molecule has 38 heavy (non-hydrogen) atoms. The molecule has 3 amide bonds. The lowest BCUT2D eigenvalue weighted by Gasteiger charge is -2.37. The highest BCUT2D eigenvalue weighted by molar-refractivity contribution is 5.92. The van der Waals surface area contributed by atoms with Gasteiger partial charge in [0.25, 0.3) is 0 Å². The van der Waals surface area contributed by atoms with Crippen LogP contribution < -0.4 is 10.6 Å². The Bertz CT molecular complexity index is 913. The van der Waals surface area contributed by atoms with Crippen molar-refractivity contribution >= 4 is 17.9 Å². The highest BCUT2D eigenvalue weighted by Crippen LogP contribution is 2.28. The smallest absolute Gasteiger partial charge is 0.408 e. The molecule has 0 heterocycles. The molecule has 0 bridgehead atoms. The standard InChI is InChI=1S/C31H51N3O4/c1-9-11-17-34(29(36)26(23(5)10-2)33-30(37)38-31(6,7)8)27(24-19-21(3)18-22(4)20-24)28(35)32-25-15-13-12-14-16-25/h18-20,23,25-27H,9-17H2,1-8H3,(H,32,35)(H,33,37). The van der Waals surface area contributed by atoms with Crippen molar-refractivity contribution in [3.05, 3.63) is 34.9 Å². The Labute approximate surface area is 230 Å². The number of benzene rings is 1. The number of nitrogens with one attached hydrogen (secondary N) is 2. The van der Waals surface area contributed by atoms with E-state index in [1.807, 2.05) is 39.8 Å². The zero-order valence-electron chi connectivity index (χ0n) is 25.0. The van der Waals surface area contributed by atoms with Crippen molar-refractivity contribution in [1.82, 2.24) is 15.5 Å². The molecule has 1 aliphatic rings. The van der Waals surface area contributed by atoms with Crippen molar-refractivity contribution in [2.75, 3.05) is 6.54 Å². The number of ether oxygens (including phenoxy) is 1. The number of unbranched alkanes of at least 4 members (excludes halogenated alkanes) is 1. The molecule has 0 saturated heterocycles. The first-order valence-corrected chi connectivity index (χ1v) is 14.5. The third-order valence-electron chi connectivity index (χ3n) is 7.26. The summed E-state index contributed by atoms with van der Waals surface area (Å²) >= 11 is 0. The van der Waals surface area contributed by atoms with Crippen LogP contribution in [0.1, 0.15) is 116 Å². The van der Waals surface area contributed by atoms with Crippen LogP contribution in [-0.2, 0) is 14.3 Å². The molecule has 1 aromatic carbocycles. The quantitative estimate of drug-likeness (QED) is 0.349. The Morgan fingerprint density at radius 3 is 2.16 bits per heavy atom. The fraction of sp³-hybridized carbons (Fsp3) is 0.710. The maximum Gasteiger partial charge on any atom is 0.408 e. The van der Waals surface area contributed by atoms with Crippen LogP contribution in [0.25, 0.3) is 0 Å². The Morgan fingerprint density at radius 2 is 1.63 bits per heavy atom. The Balaban J connectivity index is 2.51. The monoisotopic (exact) mass is 529 g/mol. The summed E-state index contributed by atoms with van der Waals surface area (Å²) < 4.78 is 5.50. The average molecular weight is 530 g/mol. The molecule has 0 aliphatic heterocycles. The topological polar surface area (TPSA) is 87.7 Å². The van der Waals surface area contributed by atoms with Gasteiger partial charge in [0.05, 0.1) is 0 Å². The Morgan fingerprint density at radius 1 is 1.03 bits per heavy atom. The van der Waals surface area contributed by atoms with Gasteiger partial charge in [0.1, 0.15) is 17.7 Å². The van der Waals surface area contributed by atoms with E-state index in [1.54, 1.807) is 25.7 Å². The van der Waals surface area contributed by atoms with Crippen LogP contribution in [-0.4, -0.2) is 47.0 Å². The molecular formula is C31H51N3O4. The lowest BCUT2D eigenvalue weighted by atomic mass is 9.93. The van der Waals surface area contributed by atoms with Crippen LogP contribution >= 0.6 is 0 Å². The first-order chi connectivity index (χ1) is 17.9. The molecule has 1 aromatic rings. The van der Waals surface area contributed by atoms with Crippen LogP contribution in [0.4, 0.5) is 4.79 Å². The summed E-state index contributed by atoms with van der Waals surface area (Å²) in [6.45, 7) is 15.9. The zero-order valence-corrected chi connectivity index (χ0v) is 25.0. The molecule has 0 spiro atoms. The number of amides is 3. The van der Waals surface area contributed by atoms with Gasteiger partial charge in [-0.2, -0.15) is 0 Å². The van der Waals surface area contributed by atoms with Gasteiger partial charge in [-0.3, -0.25) is 9.59 Å². The van der Waals surface area contributed by atoms with E-state index in [0.29, 0.717) is 13.0 Å². The van der Waals surface area contributed by atoms with E-state index >= 15 is 0 Å². The lowest BCUT2D eigenvalue weighted by molar-refractivity contribution is -0.144. The van der Waals surface area contributed by atoms with Gasteiger partial charge in [-0.15, -0.1) is 0 Å². The Kier molecular flexibility index (Phi) is 12.1. The minimum absolute atomic E-state index is 0.123. The lowest BCUT2D eigenvalue weighted by Crippen LogP contribution is -2.56. The second-order valence-corrected chi connectivity index (χ2v) is 12.1. The molecule has 2 rings (SSSR count). The highest BCUT2D eigenvalue weighted by Gasteiger charge is 2.38. The molecule has 3 atom stereocenters. The van der Waals surface area contributed by atoms with Crippen molar-refractivity contribution in [3.8, 4) is 0 Å². The third kappa shape index (κ3) is 9.63. The predicted octanol–water partition coefficient (Wildman–Crippen LogP) is 6.36. The van der Waals surface area contributed by atoms with E-state index in [0.717, 1.165) is 55.2 Å². The summed E-state index contributed by atoms with van der Waals surface area (Å²) in [6, 6.07) is 4.62. The van der Waals surface area contributed by atoms with E-state index in [9.17, 15) is 14.4 Å². The summed E-state index contributed by atoms with van der Waals surface area (Å²) in [5, 5.41) is 6.12. The molecule has 2 N–H and O–H groups in total. The Hall–Kier alpha value is -2.57. The van der Waals surface area contributed by atoms with E-state index in [-0.39, 0.29) is 23.8 Å². The number of aryl methyl sites for hydroxylation is 2. The summed E-state index contributed by atoms with van der Waals surface area (Å²) in [6.07, 6.45) is 7.03. The molecule has 1 saturated carbocycles. The summed E-state index contributed by atoms with van der Waals surface area (Å²) in [7, 11) is 0. The normalized spacial score (nSPS) is 16.7. The number of hydrogen-bond donors (Lipinski definition) is 2. The number of hydrogen-bond acceptors (Lipinski definition) is 4. The fourth-order valence-electron chi connectivity index (χ4n) is 5.16. The molecule has 1 aliphatic carbocycles. The largest absolute Gasteiger partial charge is 0.444 e. The molecule has 0 radical (unpaired) electrons. The fourth-order valence-corrected chi connectivity index (χ4v) is 5.16. The minimum atomic E-state index is -0.803. The molecular weight excluding hydrogens is 478 g/mol. The van der Waals surface area contributed by atoms with Crippen molar-refractivity contribution in [1.29, 1.82) is 0 Å². The van der Waals surface area contributed by atoms with Gasteiger partial charge >= 0.3 is 6.09 Å². The van der Waals surface area contributed by atoms with Gasteiger partial charge in [-0.25, -0.2) is 4.79 Å². The first kappa shape index (κ1) is 31.6. The van der Waals surface area contributed by atoms with Gasteiger partial charge < -0.3 is 20.3 Å². The van der Waals surface area contributed by atoms with Crippen LogP contribution in [0.15, 0.2) is 18.2 Å². The molecule has 7 nitrogen and oxygen atoms in total. The third-order valence-corrected chi connectivity index (χ3v) is 7.26. The van der Waals surface area contributed by atoms with Crippen molar-refractivity contribution < 1.29 is 19.1 Å². The van der Waals surface area contributed by atoms with Crippen molar-refractivity contribution in [3.63, 3.8) is 0 Å². The molecule has 3 unspecified atom stereocenters. The number of rotatable bonds is 11. The molecule has 7 heteroatoms. The molecule has 1 fully saturated rings. The zero-order chi connectivity index (χ0) is 28.5. The maximum absolute atomic E-state index is 14.3. The van der Waals surface area contributed by atoms with Gasteiger partial charge in [-0.1, -0.05) is 82.2 Å². The second-order valence-electron chi connectivity index (χ2n) is 12.1. The number of alkyl carbamates (subject to hydrolysis) is 1. The summed E-state index contributed by atoms with van der Waals surface area (Å²) in [5.74, 6) is -0.534. The maximum atomic E-state index is 14.3. The van der Waals surface area contributed by atoms with Crippen molar-refractivity contribution in [2.24, 2.45) is 5.92 Å². The first-order valence-electron chi connectivity index (χ1n) is 14.5. The second kappa shape index (κ2) is 14.5. The van der Waals surface area contributed by atoms with Gasteiger partial charge in [0.15, 0.2) is 0 Å². The van der Waals surface area contributed by atoms with Gasteiger partial charge in [0.2, 0.25) is 11.8 Å². The van der Waals surface area contributed by atoms with Gasteiger partial charge in [0, 0.05) is 12.6 Å². The summed E-state index contributed by atoms with van der Waals surface area (Å²) in [4.78, 5) is 42.8. The minimum Gasteiger partial charge on any atom is -0.444 e. The number of nitrogens with zero attached hydrogens (tertiary/aromatic N) is 1. The predicted molar refractivity (Wildman–Crippen MR) is 153 cm³/mol. The molecule has 214 valence electrons. The van der Waals surface area contributed by atoms with Crippen LogP contribution in [0.5, 0.6) is 0 Å².